The van der Waals surface area contributed by atoms with Crippen molar-refractivity contribution in [1.29, 1.82) is 0 Å². The molecule has 3 N–H and O–H groups in total. The van der Waals surface area contributed by atoms with Crippen LogP contribution < -0.4 is 14.8 Å². The Kier molecular flexibility index (Phi) is 9.97. The molecule has 0 aliphatic carbocycles. The van der Waals surface area contributed by atoms with Crippen LogP contribution in [0.5, 0.6) is 11.5 Å². The van der Waals surface area contributed by atoms with Crippen molar-refractivity contribution >= 4 is 27.9 Å². The summed E-state index contributed by atoms with van der Waals surface area (Å²) in [5.41, 5.74) is 2.16. The highest BCUT2D eigenvalue weighted by molar-refractivity contribution is 9.10. The standard InChI is InChI=1S/C17H19BrFNO2.C2H2O4/c1-21-16-10-17(22-2)15(18)9-13(16)11-20-8-7-12-3-5-14(19)6-4-12;3-1(4)2(5)6/h3-6,9-10,20H,7-8,11H2,1-2H3;(H,3,4)(H,5,6). The Morgan fingerprint density at radius 3 is 2.11 bits per heavy atom. The zero-order valence-electron chi connectivity index (χ0n) is 15.4. The molecule has 0 heterocycles. The Morgan fingerprint density at radius 2 is 1.61 bits per heavy atom. The lowest BCUT2D eigenvalue weighted by atomic mass is 10.1. The number of nitrogens with one attached hydrogen (secondary N) is 1. The molecule has 0 radical (unpaired) electrons. The maximum Gasteiger partial charge on any atom is 0.414 e. The van der Waals surface area contributed by atoms with Gasteiger partial charge in [0.05, 0.1) is 18.7 Å². The fraction of sp³-hybridized carbons (Fsp3) is 0.263. The molecule has 0 aromatic heterocycles. The number of methoxy groups -OCH3 is 2. The van der Waals surface area contributed by atoms with Gasteiger partial charge >= 0.3 is 11.9 Å². The summed E-state index contributed by atoms with van der Waals surface area (Å²) < 4.78 is 24.4. The van der Waals surface area contributed by atoms with Crippen LogP contribution in [0.3, 0.4) is 0 Å². The monoisotopic (exact) mass is 457 g/mol. The summed E-state index contributed by atoms with van der Waals surface area (Å²) in [5.74, 6) is -2.32. The van der Waals surface area contributed by atoms with E-state index in [1.54, 1.807) is 14.2 Å². The molecule has 2 aromatic carbocycles. The summed E-state index contributed by atoms with van der Waals surface area (Å²) in [7, 11) is 3.27. The number of hydrogen-bond acceptors (Lipinski definition) is 5. The van der Waals surface area contributed by atoms with Gasteiger partial charge in [0.25, 0.3) is 0 Å². The van der Waals surface area contributed by atoms with Gasteiger partial charge in [-0.3, -0.25) is 0 Å². The summed E-state index contributed by atoms with van der Waals surface area (Å²) in [4.78, 5) is 18.2. The third kappa shape index (κ3) is 7.93. The Morgan fingerprint density at radius 1 is 1.04 bits per heavy atom. The normalized spacial score (nSPS) is 9.86. The fourth-order valence-electron chi connectivity index (χ4n) is 2.17. The molecule has 28 heavy (non-hydrogen) atoms. The van der Waals surface area contributed by atoms with E-state index in [4.69, 9.17) is 29.3 Å². The minimum absolute atomic E-state index is 0.204. The predicted octanol–water partition coefficient (Wildman–Crippen LogP) is 3.09. The third-order valence-corrected chi connectivity index (χ3v) is 4.18. The number of carboxylic acids is 2. The molecule has 0 bridgehead atoms. The zero-order chi connectivity index (χ0) is 21.1. The quantitative estimate of drug-likeness (QED) is 0.433. The van der Waals surface area contributed by atoms with Gasteiger partial charge in [0.2, 0.25) is 0 Å². The highest BCUT2D eigenvalue weighted by Gasteiger charge is 2.09. The maximum absolute atomic E-state index is 12.8. The number of aliphatic carboxylic acids is 2. The first kappa shape index (κ1) is 23.4. The second kappa shape index (κ2) is 11.9. The largest absolute Gasteiger partial charge is 0.496 e. The zero-order valence-corrected chi connectivity index (χ0v) is 17.0. The number of carbonyl (C=O) groups is 2. The van der Waals surface area contributed by atoms with Gasteiger partial charge < -0.3 is 25.0 Å². The summed E-state index contributed by atoms with van der Waals surface area (Å²) in [6.07, 6.45) is 0.847. The predicted molar refractivity (Wildman–Crippen MR) is 104 cm³/mol. The van der Waals surface area contributed by atoms with E-state index in [-0.39, 0.29) is 5.82 Å². The first-order chi connectivity index (χ1) is 13.3. The minimum Gasteiger partial charge on any atom is -0.496 e. The van der Waals surface area contributed by atoms with E-state index in [0.717, 1.165) is 40.1 Å². The summed E-state index contributed by atoms with van der Waals surface area (Å²) >= 11 is 3.48. The highest BCUT2D eigenvalue weighted by atomic mass is 79.9. The molecular formula is C19H21BrFNO6. The van der Waals surface area contributed by atoms with Gasteiger partial charge in [0.15, 0.2) is 0 Å². The van der Waals surface area contributed by atoms with Crippen molar-refractivity contribution in [3.05, 3.63) is 57.8 Å². The summed E-state index contributed by atoms with van der Waals surface area (Å²) in [6.45, 7) is 1.49. The van der Waals surface area contributed by atoms with Crippen LogP contribution in [0.1, 0.15) is 11.1 Å². The first-order valence-electron chi connectivity index (χ1n) is 8.10. The van der Waals surface area contributed by atoms with Gasteiger partial charge in [0, 0.05) is 18.2 Å². The molecule has 0 aliphatic rings. The molecule has 0 atom stereocenters. The number of benzene rings is 2. The van der Waals surface area contributed by atoms with Crippen molar-refractivity contribution in [2.24, 2.45) is 0 Å². The van der Waals surface area contributed by atoms with E-state index in [1.807, 2.05) is 24.3 Å². The number of carboxylic acid groups (broad SMARTS) is 2. The van der Waals surface area contributed by atoms with Gasteiger partial charge in [-0.05, 0) is 52.7 Å². The molecule has 7 nitrogen and oxygen atoms in total. The van der Waals surface area contributed by atoms with Gasteiger partial charge in [-0.25, -0.2) is 14.0 Å². The maximum atomic E-state index is 12.8. The smallest absolute Gasteiger partial charge is 0.414 e. The van der Waals surface area contributed by atoms with E-state index in [1.165, 1.54) is 12.1 Å². The molecule has 2 aromatic rings. The molecule has 0 spiro atoms. The van der Waals surface area contributed by atoms with Crippen LogP contribution in [0.25, 0.3) is 0 Å². The summed E-state index contributed by atoms with van der Waals surface area (Å²) in [5, 5.41) is 18.2. The van der Waals surface area contributed by atoms with Gasteiger partial charge in [-0.15, -0.1) is 0 Å². The van der Waals surface area contributed by atoms with E-state index >= 15 is 0 Å². The van der Waals surface area contributed by atoms with E-state index < -0.39 is 11.9 Å². The van der Waals surface area contributed by atoms with E-state index in [0.29, 0.717) is 6.54 Å². The average molecular weight is 458 g/mol. The highest BCUT2D eigenvalue weighted by Crippen LogP contribution is 2.32. The molecular weight excluding hydrogens is 437 g/mol. The Labute approximate surface area is 170 Å². The molecule has 0 saturated carbocycles. The van der Waals surface area contributed by atoms with Crippen LogP contribution in [0.15, 0.2) is 40.9 Å². The Balaban J connectivity index is 0.000000568. The molecule has 9 heteroatoms. The number of hydrogen-bond donors (Lipinski definition) is 3. The molecule has 0 fully saturated rings. The lowest BCUT2D eigenvalue weighted by molar-refractivity contribution is -0.159. The second-order valence-corrected chi connectivity index (χ2v) is 6.32. The van der Waals surface area contributed by atoms with Crippen molar-refractivity contribution < 1.29 is 33.7 Å². The number of halogens is 2. The topological polar surface area (TPSA) is 105 Å². The van der Waals surface area contributed by atoms with Gasteiger partial charge in [-0.1, -0.05) is 12.1 Å². The van der Waals surface area contributed by atoms with Crippen LogP contribution in [-0.2, 0) is 22.6 Å². The molecule has 152 valence electrons. The third-order valence-electron chi connectivity index (χ3n) is 3.56. The molecule has 0 aliphatic heterocycles. The van der Waals surface area contributed by atoms with Crippen LogP contribution in [0.4, 0.5) is 4.39 Å². The molecule has 0 amide bonds. The van der Waals surface area contributed by atoms with Crippen LogP contribution in [-0.4, -0.2) is 42.9 Å². The fourth-order valence-corrected chi connectivity index (χ4v) is 2.72. The average Bonchev–Trinajstić information content (AvgIpc) is 2.67. The first-order valence-corrected chi connectivity index (χ1v) is 8.89. The van der Waals surface area contributed by atoms with Crippen LogP contribution >= 0.6 is 15.9 Å². The van der Waals surface area contributed by atoms with Crippen molar-refractivity contribution in [2.75, 3.05) is 20.8 Å². The molecule has 2 rings (SSSR count). The number of ether oxygens (including phenoxy) is 2. The van der Waals surface area contributed by atoms with Crippen LogP contribution in [0.2, 0.25) is 0 Å². The summed E-state index contributed by atoms with van der Waals surface area (Å²) in [6, 6.07) is 10.4. The van der Waals surface area contributed by atoms with Crippen molar-refractivity contribution in [3.8, 4) is 11.5 Å². The van der Waals surface area contributed by atoms with Crippen molar-refractivity contribution in [1.82, 2.24) is 5.32 Å². The van der Waals surface area contributed by atoms with Crippen LogP contribution in [0, 0.1) is 5.82 Å². The SMILES string of the molecule is COc1cc(OC)c(CNCCc2ccc(F)cc2)cc1Br.O=C(O)C(=O)O. The molecule has 0 unspecified atom stereocenters. The lowest BCUT2D eigenvalue weighted by Gasteiger charge is -2.13. The van der Waals surface area contributed by atoms with Crippen molar-refractivity contribution in [3.63, 3.8) is 0 Å². The van der Waals surface area contributed by atoms with Gasteiger partial charge in [-0.2, -0.15) is 0 Å². The van der Waals surface area contributed by atoms with E-state index in [9.17, 15) is 4.39 Å². The Bertz CT molecular complexity index is 786. The molecule has 0 saturated heterocycles. The van der Waals surface area contributed by atoms with Crippen molar-refractivity contribution in [2.45, 2.75) is 13.0 Å². The Hall–Kier alpha value is -2.65. The van der Waals surface area contributed by atoms with Gasteiger partial charge in [0.1, 0.15) is 17.3 Å². The minimum atomic E-state index is -1.82. The lowest BCUT2D eigenvalue weighted by Crippen LogP contribution is -2.17. The second-order valence-electron chi connectivity index (χ2n) is 5.46. The van der Waals surface area contributed by atoms with E-state index in [2.05, 4.69) is 21.2 Å². The number of rotatable bonds is 7.